The van der Waals surface area contributed by atoms with Gasteiger partial charge < -0.3 is 10.2 Å². The van der Waals surface area contributed by atoms with Crippen LogP contribution in [0.2, 0.25) is 0 Å². The van der Waals surface area contributed by atoms with E-state index in [1.54, 1.807) is 13.0 Å². The number of nitrogens with one attached hydrogen (secondary N) is 1. The van der Waals surface area contributed by atoms with Gasteiger partial charge in [-0.2, -0.15) is 8.78 Å². The van der Waals surface area contributed by atoms with Crippen LogP contribution in [0.5, 0.6) is 0 Å². The molecule has 1 aliphatic rings. The van der Waals surface area contributed by atoms with Crippen molar-refractivity contribution < 1.29 is 13.6 Å². The summed E-state index contributed by atoms with van der Waals surface area (Å²) in [7, 11) is 0. The van der Waals surface area contributed by atoms with Crippen LogP contribution in [0, 0.1) is 12.8 Å². The summed E-state index contributed by atoms with van der Waals surface area (Å²) in [6.45, 7) is 4.86. The summed E-state index contributed by atoms with van der Waals surface area (Å²) in [4.78, 5) is 14.6. The van der Waals surface area contributed by atoms with E-state index in [0.717, 1.165) is 43.5 Å². The maximum Gasteiger partial charge on any atom is 0.319 e. The highest BCUT2D eigenvalue weighted by Crippen LogP contribution is 2.20. The maximum atomic E-state index is 13.0. The number of halogens is 2. The van der Waals surface area contributed by atoms with Crippen molar-refractivity contribution in [3.63, 3.8) is 0 Å². The van der Waals surface area contributed by atoms with Crippen molar-refractivity contribution in [3.05, 3.63) is 23.5 Å². The lowest BCUT2D eigenvalue weighted by Crippen LogP contribution is -2.39. The molecule has 1 aliphatic heterocycles. The highest BCUT2D eigenvalue weighted by molar-refractivity contribution is 5.92. The maximum absolute atomic E-state index is 13.0. The standard InChI is InChI=1S/C16H25F2N3O/c1-3-8-20-9-6-13(7-10-20)11-19-15(22)14-5-4-12(2)21(14)16(17)18/h4-5,13,16H,3,6-11H2,1-2H3,(H,19,22). The molecule has 124 valence electrons. The van der Waals surface area contributed by atoms with Crippen molar-refractivity contribution in [2.24, 2.45) is 5.92 Å². The fourth-order valence-corrected chi connectivity index (χ4v) is 3.05. The average molecular weight is 313 g/mol. The van der Waals surface area contributed by atoms with Gasteiger partial charge >= 0.3 is 6.55 Å². The van der Waals surface area contributed by atoms with Crippen LogP contribution in [-0.2, 0) is 0 Å². The number of rotatable bonds is 6. The number of hydrogen-bond donors (Lipinski definition) is 1. The van der Waals surface area contributed by atoms with Crippen molar-refractivity contribution >= 4 is 5.91 Å². The third-order valence-electron chi connectivity index (χ3n) is 4.35. The number of piperidine rings is 1. The fraction of sp³-hybridized carbons (Fsp3) is 0.688. The Hall–Kier alpha value is -1.43. The zero-order chi connectivity index (χ0) is 16.1. The van der Waals surface area contributed by atoms with Crippen LogP contribution in [0.25, 0.3) is 0 Å². The summed E-state index contributed by atoms with van der Waals surface area (Å²) >= 11 is 0. The number of carbonyl (C=O) groups is 1. The Morgan fingerprint density at radius 3 is 2.64 bits per heavy atom. The first-order valence-electron chi connectivity index (χ1n) is 7.99. The lowest BCUT2D eigenvalue weighted by atomic mass is 9.96. The molecule has 1 N–H and O–H groups in total. The molecule has 1 amide bonds. The van der Waals surface area contributed by atoms with Gasteiger partial charge in [0.2, 0.25) is 0 Å². The predicted octanol–water partition coefficient (Wildman–Crippen LogP) is 3.04. The van der Waals surface area contributed by atoms with Gasteiger partial charge in [-0.3, -0.25) is 9.36 Å². The Morgan fingerprint density at radius 1 is 1.36 bits per heavy atom. The molecule has 1 aromatic rings. The van der Waals surface area contributed by atoms with Gasteiger partial charge in [-0.25, -0.2) is 0 Å². The monoisotopic (exact) mass is 313 g/mol. The minimum absolute atomic E-state index is 0.0379. The van der Waals surface area contributed by atoms with Crippen LogP contribution in [-0.4, -0.2) is 41.6 Å². The third-order valence-corrected chi connectivity index (χ3v) is 4.35. The van der Waals surface area contributed by atoms with Gasteiger partial charge in [0.05, 0.1) is 0 Å². The van der Waals surface area contributed by atoms with Crippen LogP contribution in [0.3, 0.4) is 0 Å². The molecule has 6 heteroatoms. The first kappa shape index (κ1) is 16.9. The molecule has 0 atom stereocenters. The quantitative estimate of drug-likeness (QED) is 0.876. The van der Waals surface area contributed by atoms with E-state index in [4.69, 9.17) is 0 Å². The number of carbonyl (C=O) groups excluding carboxylic acids is 1. The van der Waals surface area contributed by atoms with E-state index in [0.29, 0.717) is 18.2 Å². The van der Waals surface area contributed by atoms with Crippen molar-refractivity contribution in [3.8, 4) is 0 Å². The van der Waals surface area contributed by atoms with Crippen molar-refractivity contribution in [2.75, 3.05) is 26.2 Å². The minimum Gasteiger partial charge on any atom is -0.350 e. The van der Waals surface area contributed by atoms with Crippen molar-refractivity contribution in [2.45, 2.75) is 39.7 Å². The first-order chi connectivity index (χ1) is 10.5. The smallest absolute Gasteiger partial charge is 0.319 e. The molecule has 0 bridgehead atoms. The first-order valence-corrected chi connectivity index (χ1v) is 7.99. The van der Waals surface area contributed by atoms with E-state index in [2.05, 4.69) is 17.1 Å². The van der Waals surface area contributed by atoms with Crippen LogP contribution in [0.1, 0.15) is 48.9 Å². The summed E-state index contributed by atoms with van der Waals surface area (Å²) in [6, 6.07) is 3.00. The molecule has 0 spiro atoms. The zero-order valence-corrected chi connectivity index (χ0v) is 13.3. The second-order valence-corrected chi connectivity index (χ2v) is 6.00. The van der Waals surface area contributed by atoms with Crippen LogP contribution in [0.15, 0.2) is 12.1 Å². The predicted molar refractivity (Wildman–Crippen MR) is 82.2 cm³/mol. The highest BCUT2D eigenvalue weighted by Gasteiger charge is 2.22. The molecule has 0 radical (unpaired) electrons. The Kier molecular flexibility index (Phi) is 5.94. The van der Waals surface area contributed by atoms with E-state index in [9.17, 15) is 13.6 Å². The summed E-state index contributed by atoms with van der Waals surface area (Å²) in [6.07, 6.45) is 3.26. The Labute approximate surface area is 130 Å². The summed E-state index contributed by atoms with van der Waals surface area (Å²) < 4.78 is 26.7. The molecule has 1 aromatic heterocycles. The number of aryl methyl sites for hydroxylation is 1. The minimum atomic E-state index is -2.69. The molecule has 1 fully saturated rings. The van der Waals surface area contributed by atoms with E-state index in [-0.39, 0.29) is 5.69 Å². The molecule has 0 aromatic carbocycles. The third kappa shape index (κ3) is 4.06. The molecule has 2 heterocycles. The van der Waals surface area contributed by atoms with E-state index >= 15 is 0 Å². The van der Waals surface area contributed by atoms with Crippen molar-refractivity contribution in [1.29, 1.82) is 0 Å². The molecule has 1 saturated heterocycles. The Balaban J connectivity index is 1.84. The van der Waals surface area contributed by atoms with Crippen LogP contribution >= 0.6 is 0 Å². The molecular formula is C16H25F2N3O. The largest absolute Gasteiger partial charge is 0.350 e. The number of aromatic nitrogens is 1. The normalized spacial score (nSPS) is 17.1. The molecule has 4 nitrogen and oxygen atoms in total. The van der Waals surface area contributed by atoms with Gasteiger partial charge in [0.25, 0.3) is 5.91 Å². The number of hydrogen-bond acceptors (Lipinski definition) is 2. The highest BCUT2D eigenvalue weighted by atomic mass is 19.3. The van der Waals surface area contributed by atoms with Gasteiger partial charge in [-0.15, -0.1) is 0 Å². The SMILES string of the molecule is CCCN1CCC(CNC(=O)c2ccc(C)n2C(F)F)CC1. The molecular weight excluding hydrogens is 288 g/mol. The zero-order valence-electron chi connectivity index (χ0n) is 13.3. The number of alkyl halides is 2. The van der Waals surface area contributed by atoms with E-state index < -0.39 is 12.5 Å². The second-order valence-electron chi connectivity index (χ2n) is 6.00. The fourth-order valence-electron chi connectivity index (χ4n) is 3.05. The molecule has 0 aliphatic carbocycles. The lowest BCUT2D eigenvalue weighted by molar-refractivity contribution is 0.0615. The van der Waals surface area contributed by atoms with E-state index in [1.807, 2.05) is 0 Å². The van der Waals surface area contributed by atoms with Crippen LogP contribution < -0.4 is 5.32 Å². The summed E-state index contributed by atoms with van der Waals surface area (Å²) in [5, 5.41) is 2.81. The lowest BCUT2D eigenvalue weighted by Gasteiger charge is -2.31. The number of amides is 1. The van der Waals surface area contributed by atoms with Gasteiger partial charge in [-0.1, -0.05) is 6.92 Å². The molecule has 0 saturated carbocycles. The number of nitrogens with zero attached hydrogens (tertiary/aromatic N) is 2. The Bertz CT molecular complexity index is 494. The molecule has 0 unspecified atom stereocenters. The van der Waals surface area contributed by atoms with Gasteiger partial charge in [0.15, 0.2) is 0 Å². The summed E-state index contributed by atoms with van der Waals surface area (Å²) in [5.41, 5.74) is 0.434. The van der Waals surface area contributed by atoms with Crippen LogP contribution in [0.4, 0.5) is 8.78 Å². The van der Waals surface area contributed by atoms with Gasteiger partial charge in [0, 0.05) is 12.2 Å². The Morgan fingerprint density at radius 2 is 2.05 bits per heavy atom. The average Bonchev–Trinajstić information content (AvgIpc) is 2.88. The van der Waals surface area contributed by atoms with Gasteiger partial charge in [-0.05, 0) is 63.9 Å². The molecule has 22 heavy (non-hydrogen) atoms. The van der Waals surface area contributed by atoms with E-state index in [1.165, 1.54) is 6.07 Å². The van der Waals surface area contributed by atoms with Crippen molar-refractivity contribution in [1.82, 2.24) is 14.8 Å². The van der Waals surface area contributed by atoms with Gasteiger partial charge in [0.1, 0.15) is 5.69 Å². The molecule has 2 rings (SSSR count). The number of likely N-dealkylation sites (tertiary alicyclic amines) is 1. The topological polar surface area (TPSA) is 37.3 Å². The second kappa shape index (κ2) is 7.72. The summed E-state index contributed by atoms with van der Waals surface area (Å²) in [5.74, 6) is 0.0255.